The highest BCUT2D eigenvalue weighted by atomic mass is 79.9. The van der Waals surface area contributed by atoms with Crippen LogP contribution in [0.15, 0.2) is 28.7 Å². The van der Waals surface area contributed by atoms with Crippen molar-refractivity contribution in [3.8, 4) is 0 Å². The number of halogens is 1. The number of hydrogen-bond donors (Lipinski definition) is 1. The molecule has 1 aromatic rings. The van der Waals surface area contributed by atoms with E-state index in [2.05, 4.69) is 50.4 Å². The fraction of sp³-hybridized carbons (Fsp3) is 0.462. The summed E-state index contributed by atoms with van der Waals surface area (Å²) in [6, 6.07) is 8.72. The number of amides is 1. The Kier molecular flexibility index (Phi) is 4.18. The van der Waals surface area contributed by atoms with Crippen LogP contribution in [0.1, 0.15) is 18.9 Å². The number of carbonyl (C=O) groups is 1. The molecule has 2 rings (SSSR count). The van der Waals surface area contributed by atoms with Gasteiger partial charge in [0.05, 0.1) is 0 Å². The van der Waals surface area contributed by atoms with Gasteiger partial charge >= 0.3 is 0 Å². The van der Waals surface area contributed by atoms with Gasteiger partial charge in [0.15, 0.2) is 0 Å². The topological polar surface area (TPSA) is 32.3 Å². The number of likely N-dealkylation sites (tertiary alicyclic amines) is 1. The third kappa shape index (κ3) is 3.82. The smallest absolute Gasteiger partial charge is 0.217 e. The summed E-state index contributed by atoms with van der Waals surface area (Å²) in [7, 11) is 0. The van der Waals surface area contributed by atoms with Crippen molar-refractivity contribution in [3.05, 3.63) is 34.3 Å². The summed E-state index contributed by atoms with van der Waals surface area (Å²) in [5.41, 5.74) is 1.32. The number of rotatable bonds is 3. The molecule has 3 nitrogen and oxygen atoms in total. The van der Waals surface area contributed by atoms with Crippen LogP contribution in [0, 0.1) is 0 Å². The summed E-state index contributed by atoms with van der Waals surface area (Å²) in [4.78, 5) is 13.3. The molecular weight excluding hydrogens is 280 g/mol. The second kappa shape index (κ2) is 5.65. The summed E-state index contributed by atoms with van der Waals surface area (Å²) < 4.78 is 1.11. The van der Waals surface area contributed by atoms with Crippen molar-refractivity contribution in [2.24, 2.45) is 0 Å². The predicted molar refractivity (Wildman–Crippen MR) is 71.6 cm³/mol. The first-order valence-corrected chi connectivity index (χ1v) is 6.66. The van der Waals surface area contributed by atoms with Crippen LogP contribution in [0.5, 0.6) is 0 Å². The molecule has 1 amide bonds. The van der Waals surface area contributed by atoms with Gasteiger partial charge in [0.1, 0.15) is 0 Å². The Balaban J connectivity index is 1.85. The molecule has 0 unspecified atom stereocenters. The Labute approximate surface area is 110 Å². The van der Waals surface area contributed by atoms with Crippen LogP contribution in [0.4, 0.5) is 0 Å². The normalized spacial score (nSPS) is 20.5. The van der Waals surface area contributed by atoms with E-state index in [-0.39, 0.29) is 5.91 Å². The minimum Gasteiger partial charge on any atom is -0.352 e. The van der Waals surface area contributed by atoms with E-state index < -0.39 is 0 Å². The summed E-state index contributed by atoms with van der Waals surface area (Å²) >= 11 is 3.43. The third-order valence-corrected chi connectivity index (χ3v) is 3.53. The second-order valence-electron chi connectivity index (χ2n) is 4.55. The zero-order valence-electron chi connectivity index (χ0n) is 9.95. The maximum Gasteiger partial charge on any atom is 0.217 e. The zero-order valence-corrected chi connectivity index (χ0v) is 11.5. The van der Waals surface area contributed by atoms with Gasteiger partial charge in [0, 0.05) is 37.1 Å². The molecule has 1 fully saturated rings. The van der Waals surface area contributed by atoms with Crippen LogP contribution in [-0.4, -0.2) is 29.9 Å². The zero-order chi connectivity index (χ0) is 12.3. The highest BCUT2D eigenvalue weighted by Gasteiger charge is 2.22. The average molecular weight is 297 g/mol. The number of hydrogen-bond acceptors (Lipinski definition) is 2. The highest BCUT2D eigenvalue weighted by Crippen LogP contribution is 2.16. The van der Waals surface area contributed by atoms with Gasteiger partial charge in [-0.05, 0) is 24.1 Å². The fourth-order valence-electron chi connectivity index (χ4n) is 2.23. The predicted octanol–water partition coefficient (Wildman–Crippen LogP) is 2.16. The minimum atomic E-state index is 0.0699. The van der Waals surface area contributed by atoms with Crippen molar-refractivity contribution in [1.29, 1.82) is 0 Å². The van der Waals surface area contributed by atoms with E-state index in [0.717, 1.165) is 30.5 Å². The Hall–Kier alpha value is -0.870. The number of benzene rings is 1. The van der Waals surface area contributed by atoms with Crippen LogP contribution in [-0.2, 0) is 11.3 Å². The van der Waals surface area contributed by atoms with E-state index in [9.17, 15) is 4.79 Å². The molecule has 0 spiro atoms. The molecule has 1 aliphatic rings. The lowest BCUT2D eigenvalue weighted by atomic mass is 10.2. The first-order chi connectivity index (χ1) is 8.13. The molecular formula is C13H17BrN2O. The molecule has 1 aliphatic heterocycles. The van der Waals surface area contributed by atoms with Crippen LogP contribution in [0.2, 0.25) is 0 Å². The lowest BCUT2D eigenvalue weighted by Gasteiger charge is -2.16. The molecule has 0 aliphatic carbocycles. The molecule has 1 aromatic carbocycles. The number of nitrogens with one attached hydrogen (secondary N) is 1. The van der Waals surface area contributed by atoms with E-state index >= 15 is 0 Å². The first-order valence-electron chi connectivity index (χ1n) is 5.87. The van der Waals surface area contributed by atoms with Gasteiger partial charge in [-0.2, -0.15) is 0 Å². The summed E-state index contributed by atoms with van der Waals surface area (Å²) in [5, 5.41) is 2.98. The summed E-state index contributed by atoms with van der Waals surface area (Å²) in [6.45, 7) is 4.55. The maximum atomic E-state index is 11.0. The van der Waals surface area contributed by atoms with Crippen LogP contribution in [0.3, 0.4) is 0 Å². The van der Waals surface area contributed by atoms with Crippen LogP contribution < -0.4 is 5.32 Å². The van der Waals surface area contributed by atoms with E-state index in [1.165, 1.54) is 5.56 Å². The monoisotopic (exact) mass is 296 g/mol. The van der Waals surface area contributed by atoms with Crippen molar-refractivity contribution < 1.29 is 4.79 Å². The van der Waals surface area contributed by atoms with E-state index in [0.29, 0.717) is 6.04 Å². The molecule has 0 radical (unpaired) electrons. The molecule has 1 saturated heterocycles. The minimum absolute atomic E-state index is 0.0699. The Morgan fingerprint density at radius 1 is 1.47 bits per heavy atom. The lowest BCUT2D eigenvalue weighted by molar-refractivity contribution is -0.119. The van der Waals surface area contributed by atoms with Gasteiger partial charge in [0.25, 0.3) is 0 Å². The van der Waals surface area contributed by atoms with Gasteiger partial charge < -0.3 is 5.32 Å². The molecule has 0 saturated carbocycles. The maximum absolute atomic E-state index is 11.0. The second-order valence-corrected chi connectivity index (χ2v) is 5.46. The molecule has 92 valence electrons. The standard InChI is InChI=1S/C13H17BrN2O/c1-10(17)15-13-6-7-16(9-13)8-11-2-4-12(14)5-3-11/h2-5,13H,6-9H2,1H3,(H,15,17)/t13-/m1/s1. The Bertz CT molecular complexity index is 391. The van der Waals surface area contributed by atoms with Gasteiger partial charge in [-0.25, -0.2) is 0 Å². The fourth-order valence-corrected chi connectivity index (χ4v) is 2.49. The molecule has 0 aromatic heterocycles. The van der Waals surface area contributed by atoms with Crippen molar-refractivity contribution in [1.82, 2.24) is 10.2 Å². The van der Waals surface area contributed by atoms with Gasteiger partial charge in [0.2, 0.25) is 5.91 Å². The number of nitrogens with zero attached hydrogens (tertiary/aromatic N) is 1. The van der Waals surface area contributed by atoms with Crippen molar-refractivity contribution in [2.45, 2.75) is 25.9 Å². The van der Waals surface area contributed by atoms with Gasteiger partial charge in [-0.3, -0.25) is 9.69 Å². The molecule has 1 atom stereocenters. The molecule has 1 heterocycles. The quantitative estimate of drug-likeness (QED) is 0.927. The number of carbonyl (C=O) groups excluding carboxylic acids is 1. The molecule has 1 N–H and O–H groups in total. The van der Waals surface area contributed by atoms with E-state index in [1.54, 1.807) is 6.92 Å². The SMILES string of the molecule is CC(=O)N[C@@H]1CCN(Cc2ccc(Br)cc2)C1. The molecule has 17 heavy (non-hydrogen) atoms. The van der Waals surface area contributed by atoms with E-state index in [1.807, 2.05) is 0 Å². The Morgan fingerprint density at radius 3 is 2.82 bits per heavy atom. The van der Waals surface area contributed by atoms with Crippen molar-refractivity contribution >= 4 is 21.8 Å². The third-order valence-electron chi connectivity index (χ3n) is 3.00. The van der Waals surface area contributed by atoms with Gasteiger partial charge in [-0.1, -0.05) is 28.1 Å². The van der Waals surface area contributed by atoms with Gasteiger partial charge in [-0.15, -0.1) is 0 Å². The molecule has 4 heteroatoms. The van der Waals surface area contributed by atoms with E-state index in [4.69, 9.17) is 0 Å². The Morgan fingerprint density at radius 2 is 2.18 bits per heavy atom. The largest absolute Gasteiger partial charge is 0.352 e. The summed E-state index contributed by atoms with van der Waals surface area (Å²) in [5.74, 6) is 0.0699. The molecule has 0 bridgehead atoms. The summed E-state index contributed by atoms with van der Waals surface area (Å²) in [6.07, 6.45) is 1.05. The van der Waals surface area contributed by atoms with Crippen molar-refractivity contribution in [2.75, 3.05) is 13.1 Å². The average Bonchev–Trinajstić information content (AvgIpc) is 2.68. The first kappa shape index (κ1) is 12.6. The lowest BCUT2D eigenvalue weighted by Crippen LogP contribution is -2.35. The van der Waals surface area contributed by atoms with Crippen LogP contribution in [0.25, 0.3) is 0 Å². The highest BCUT2D eigenvalue weighted by molar-refractivity contribution is 9.10. The van der Waals surface area contributed by atoms with Crippen LogP contribution >= 0.6 is 15.9 Å². The van der Waals surface area contributed by atoms with Crippen molar-refractivity contribution in [3.63, 3.8) is 0 Å².